The van der Waals surface area contributed by atoms with Gasteiger partial charge in [-0.15, -0.1) is 0 Å². The van der Waals surface area contributed by atoms with E-state index in [0.717, 1.165) is 11.1 Å². The van der Waals surface area contributed by atoms with Crippen LogP contribution in [0.5, 0.6) is 5.75 Å². The van der Waals surface area contributed by atoms with Gasteiger partial charge in [0.2, 0.25) is 17.7 Å². The van der Waals surface area contributed by atoms with Crippen LogP contribution in [0.2, 0.25) is 0 Å². The van der Waals surface area contributed by atoms with Gasteiger partial charge in [-0.25, -0.2) is 4.79 Å². The number of carboxylic acids is 1. The Bertz CT molecular complexity index is 1110. The number of nitrogens with zero attached hydrogens (tertiary/aromatic N) is 1. The lowest BCUT2D eigenvalue weighted by molar-refractivity contribution is -0.149. The molecule has 0 aromatic heterocycles. The Hall–Kier alpha value is -3.96. The van der Waals surface area contributed by atoms with Crippen molar-refractivity contribution >= 4 is 23.7 Å². The van der Waals surface area contributed by atoms with E-state index in [2.05, 4.69) is 10.6 Å². The number of carboxylic acid groups (broad SMARTS) is 1. The number of amides is 3. The summed E-state index contributed by atoms with van der Waals surface area (Å²) in [5.41, 5.74) is 13.3. The molecule has 1 aliphatic heterocycles. The maximum Gasteiger partial charge on any atom is 0.326 e. The molecule has 11 heteroatoms. The fourth-order valence-electron chi connectivity index (χ4n) is 4.50. The fraction of sp³-hybridized carbons (Fsp3) is 0.407. The molecule has 1 saturated heterocycles. The zero-order valence-corrected chi connectivity index (χ0v) is 21.1. The van der Waals surface area contributed by atoms with Gasteiger partial charge < -0.3 is 37.2 Å². The van der Waals surface area contributed by atoms with Gasteiger partial charge >= 0.3 is 5.97 Å². The Balaban J connectivity index is 1.72. The van der Waals surface area contributed by atoms with E-state index in [9.17, 15) is 29.4 Å². The molecule has 3 rings (SSSR count). The lowest BCUT2D eigenvalue weighted by atomic mass is 10.0. The van der Waals surface area contributed by atoms with Crippen molar-refractivity contribution in [1.82, 2.24) is 15.5 Å². The standard InChI is InChI=1S/C27H35N5O6/c28-13-12-21(30-24(34)20(29)15-18-8-10-19(33)11-9-18)25(35)31-22(16-17-5-2-1-3-6-17)26(36)32-14-4-7-23(32)27(37)38/h1-3,5-6,8-11,20-23,33H,4,7,12-16,28-29H2,(H,30,34)(H,31,35)(H,37,38)/t20-,21+,22-,23-/m0/s1. The summed E-state index contributed by atoms with van der Waals surface area (Å²) in [5, 5.41) is 24.3. The van der Waals surface area contributed by atoms with Gasteiger partial charge in [0.1, 0.15) is 23.9 Å². The molecule has 204 valence electrons. The number of aliphatic carboxylic acids is 1. The molecule has 0 radical (unpaired) electrons. The van der Waals surface area contributed by atoms with Gasteiger partial charge in [0.25, 0.3) is 0 Å². The summed E-state index contributed by atoms with van der Waals surface area (Å²) in [4.78, 5) is 52.5. The molecule has 2 aromatic rings. The van der Waals surface area contributed by atoms with Gasteiger partial charge in [-0.1, -0.05) is 42.5 Å². The molecule has 11 nitrogen and oxygen atoms in total. The number of hydrogen-bond acceptors (Lipinski definition) is 7. The minimum absolute atomic E-state index is 0.0923. The van der Waals surface area contributed by atoms with Crippen LogP contribution >= 0.6 is 0 Å². The first kappa shape index (κ1) is 28.6. The van der Waals surface area contributed by atoms with E-state index in [0.29, 0.717) is 12.8 Å². The summed E-state index contributed by atoms with van der Waals surface area (Å²) in [6, 6.07) is 11.4. The monoisotopic (exact) mass is 525 g/mol. The van der Waals surface area contributed by atoms with E-state index in [-0.39, 0.29) is 38.1 Å². The number of carbonyl (C=O) groups is 4. The van der Waals surface area contributed by atoms with Crippen LogP contribution < -0.4 is 22.1 Å². The average Bonchev–Trinajstić information content (AvgIpc) is 3.40. The van der Waals surface area contributed by atoms with Crippen molar-refractivity contribution in [1.29, 1.82) is 0 Å². The van der Waals surface area contributed by atoms with Crippen molar-refractivity contribution < 1.29 is 29.4 Å². The average molecular weight is 526 g/mol. The first-order chi connectivity index (χ1) is 18.2. The van der Waals surface area contributed by atoms with Crippen molar-refractivity contribution in [3.05, 3.63) is 65.7 Å². The third-order valence-electron chi connectivity index (χ3n) is 6.54. The van der Waals surface area contributed by atoms with Gasteiger partial charge in [0.05, 0.1) is 6.04 Å². The SMILES string of the molecule is NCC[C@@H](NC(=O)[C@@H](N)Cc1ccc(O)cc1)C(=O)N[C@@H](Cc1ccccc1)C(=O)N1CCC[C@H]1C(=O)O. The van der Waals surface area contributed by atoms with Crippen LogP contribution in [0, 0.1) is 0 Å². The maximum atomic E-state index is 13.4. The highest BCUT2D eigenvalue weighted by atomic mass is 16.4. The van der Waals surface area contributed by atoms with Gasteiger partial charge in [0, 0.05) is 13.0 Å². The number of benzene rings is 2. The van der Waals surface area contributed by atoms with Gasteiger partial charge in [-0.2, -0.15) is 0 Å². The van der Waals surface area contributed by atoms with Crippen molar-refractivity contribution in [2.45, 2.75) is 56.3 Å². The number of hydrogen-bond donors (Lipinski definition) is 6. The minimum atomic E-state index is -1.09. The Morgan fingerprint density at radius 1 is 0.921 bits per heavy atom. The molecule has 0 saturated carbocycles. The Morgan fingerprint density at radius 3 is 2.18 bits per heavy atom. The summed E-state index contributed by atoms with van der Waals surface area (Å²) in [7, 11) is 0. The van der Waals surface area contributed by atoms with Crippen molar-refractivity contribution in [2.75, 3.05) is 13.1 Å². The number of carbonyl (C=O) groups excluding carboxylic acids is 3. The van der Waals surface area contributed by atoms with Crippen molar-refractivity contribution in [3.63, 3.8) is 0 Å². The second-order valence-electron chi connectivity index (χ2n) is 9.39. The fourth-order valence-corrected chi connectivity index (χ4v) is 4.50. The molecule has 1 fully saturated rings. The first-order valence-corrected chi connectivity index (χ1v) is 12.6. The summed E-state index contributed by atoms with van der Waals surface area (Å²) in [5.74, 6) is -2.66. The Kier molecular flexibility index (Phi) is 10.2. The largest absolute Gasteiger partial charge is 0.508 e. The molecular weight excluding hydrogens is 490 g/mol. The van der Waals surface area contributed by atoms with Gasteiger partial charge in [-0.05, 0) is 55.5 Å². The lowest BCUT2D eigenvalue weighted by Gasteiger charge is -2.29. The number of likely N-dealkylation sites (tertiary alicyclic amines) is 1. The molecule has 0 unspecified atom stereocenters. The van der Waals surface area contributed by atoms with Crippen LogP contribution in [0.4, 0.5) is 0 Å². The molecule has 0 spiro atoms. The zero-order chi connectivity index (χ0) is 27.7. The predicted molar refractivity (Wildman–Crippen MR) is 140 cm³/mol. The van der Waals surface area contributed by atoms with E-state index < -0.39 is 47.9 Å². The molecule has 0 bridgehead atoms. The summed E-state index contributed by atoms with van der Waals surface area (Å²) < 4.78 is 0. The molecule has 1 heterocycles. The smallest absolute Gasteiger partial charge is 0.326 e. The Labute approximate surface area is 221 Å². The number of nitrogens with one attached hydrogen (secondary N) is 2. The number of rotatable bonds is 12. The van der Waals surface area contributed by atoms with Crippen LogP contribution in [-0.4, -0.2) is 76.1 Å². The van der Waals surface area contributed by atoms with E-state index in [1.165, 1.54) is 17.0 Å². The van der Waals surface area contributed by atoms with Crippen LogP contribution in [-0.2, 0) is 32.0 Å². The molecule has 38 heavy (non-hydrogen) atoms. The molecule has 4 atom stereocenters. The number of nitrogens with two attached hydrogens (primary N) is 2. The first-order valence-electron chi connectivity index (χ1n) is 12.6. The van der Waals surface area contributed by atoms with Crippen LogP contribution in [0.15, 0.2) is 54.6 Å². The molecule has 0 aliphatic carbocycles. The molecule has 8 N–H and O–H groups in total. The summed E-state index contributed by atoms with van der Waals surface area (Å²) >= 11 is 0. The summed E-state index contributed by atoms with van der Waals surface area (Å²) in [6.45, 7) is 0.377. The highest BCUT2D eigenvalue weighted by molar-refractivity contribution is 5.94. The zero-order valence-electron chi connectivity index (χ0n) is 21.1. The number of phenols is 1. The van der Waals surface area contributed by atoms with E-state index in [1.54, 1.807) is 12.1 Å². The van der Waals surface area contributed by atoms with Gasteiger partial charge in [-0.3, -0.25) is 14.4 Å². The lowest BCUT2D eigenvalue weighted by Crippen LogP contribution is -2.58. The molecule has 1 aliphatic rings. The van der Waals surface area contributed by atoms with Crippen molar-refractivity contribution in [3.8, 4) is 5.75 Å². The highest BCUT2D eigenvalue weighted by Crippen LogP contribution is 2.20. The summed E-state index contributed by atoms with van der Waals surface area (Å²) in [6.07, 6.45) is 1.34. The number of aromatic hydroxyl groups is 1. The van der Waals surface area contributed by atoms with Crippen LogP contribution in [0.3, 0.4) is 0 Å². The van der Waals surface area contributed by atoms with Crippen molar-refractivity contribution in [2.24, 2.45) is 11.5 Å². The van der Waals surface area contributed by atoms with E-state index in [4.69, 9.17) is 11.5 Å². The normalized spacial score (nSPS) is 17.3. The molecular formula is C27H35N5O6. The van der Waals surface area contributed by atoms with Gasteiger partial charge in [0.15, 0.2) is 0 Å². The quantitative estimate of drug-likeness (QED) is 0.221. The molecule has 2 aromatic carbocycles. The third-order valence-corrected chi connectivity index (χ3v) is 6.54. The van der Waals surface area contributed by atoms with E-state index >= 15 is 0 Å². The number of phenolic OH excluding ortho intramolecular Hbond substituents is 1. The second kappa shape index (κ2) is 13.5. The minimum Gasteiger partial charge on any atom is -0.508 e. The predicted octanol–water partition coefficient (Wildman–Crippen LogP) is -0.101. The maximum absolute atomic E-state index is 13.4. The molecule has 3 amide bonds. The highest BCUT2D eigenvalue weighted by Gasteiger charge is 2.38. The Morgan fingerprint density at radius 2 is 1.55 bits per heavy atom. The van der Waals surface area contributed by atoms with Crippen LogP contribution in [0.1, 0.15) is 30.4 Å². The van der Waals surface area contributed by atoms with E-state index in [1.807, 2.05) is 30.3 Å². The topological polar surface area (TPSA) is 188 Å². The second-order valence-corrected chi connectivity index (χ2v) is 9.39. The third kappa shape index (κ3) is 7.77. The van der Waals surface area contributed by atoms with Crippen LogP contribution in [0.25, 0.3) is 0 Å².